The van der Waals surface area contributed by atoms with Gasteiger partial charge in [0.2, 0.25) is 5.91 Å². The molecule has 0 aromatic heterocycles. The fraction of sp³-hybridized carbons (Fsp3) is 0.458. The van der Waals surface area contributed by atoms with Crippen LogP contribution in [0.15, 0.2) is 36.4 Å². The molecule has 2 aromatic carbocycles. The number of benzene rings is 2. The molecule has 1 amide bonds. The molecule has 3 atom stereocenters. The predicted molar refractivity (Wildman–Crippen MR) is 118 cm³/mol. The van der Waals surface area contributed by atoms with E-state index in [1.807, 2.05) is 12.1 Å². The minimum absolute atomic E-state index is 0.0453. The molecule has 1 aliphatic heterocycles. The summed E-state index contributed by atoms with van der Waals surface area (Å²) in [5.74, 6) is 2.16. The number of nitrogens with one attached hydrogen (secondary N) is 2. The van der Waals surface area contributed by atoms with Crippen LogP contribution in [0.5, 0.6) is 17.2 Å². The normalized spacial score (nSPS) is 18.6. The molecular formula is C24H33N2O5+. The van der Waals surface area contributed by atoms with Gasteiger partial charge in [-0.15, -0.1) is 0 Å². The van der Waals surface area contributed by atoms with Crippen LogP contribution >= 0.6 is 0 Å². The van der Waals surface area contributed by atoms with Gasteiger partial charge in [0.05, 0.1) is 33.9 Å². The molecule has 3 rings (SSSR count). The lowest BCUT2D eigenvalue weighted by atomic mass is 9.87. The molecule has 2 N–H and O–H groups in total. The molecule has 0 saturated carbocycles. The first-order valence-electron chi connectivity index (χ1n) is 10.5. The van der Waals surface area contributed by atoms with Crippen LogP contribution in [0.1, 0.15) is 29.7 Å². The summed E-state index contributed by atoms with van der Waals surface area (Å²) in [7, 11) is 6.50. The van der Waals surface area contributed by atoms with E-state index in [4.69, 9.17) is 18.9 Å². The van der Waals surface area contributed by atoms with Crippen molar-refractivity contribution in [3.05, 3.63) is 53.1 Å². The number of hydrogen-bond donors (Lipinski definition) is 2. The number of fused-ring (bicyclic) bond motifs is 1. The van der Waals surface area contributed by atoms with Crippen LogP contribution in [0.3, 0.4) is 0 Å². The van der Waals surface area contributed by atoms with Crippen LogP contribution in [-0.4, -0.2) is 53.5 Å². The van der Waals surface area contributed by atoms with E-state index in [2.05, 4.69) is 36.5 Å². The third kappa shape index (κ3) is 5.29. The fourth-order valence-electron chi connectivity index (χ4n) is 4.45. The SMILES string of the molecule is COCC(=O)N[C@H](C)[C@@H]1c2cc(OC)c(OC)cc2CC[NH+]1Cc1ccc(OC)cc1. The third-order valence-corrected chi connectivity index (χ3v) is 5.89. The molecule has 1 heterocycles. The molecule has 7 nitrogen and oxygen atoms in total. The summed E-state index contributed by atoms with van der Waals surface area (Å²) in [6.45, 7) is 3.89. The first kappa shape index (κ1) is 22.9. The van der Waals surface area contributed by atoms with Crippen LogP contribution < -0.4 is 24.4 Å². The van der Waals surface area contributed by atoms with Crippen LogP contribution in [0.2, 0.25) is 0 Å². The van der Waals surface area contributed by atoms with Gasteiger partial charge in [-0.1, -0.05) is 0 Å². The summed E-state index contributed by atoms with van der Waals surface area (Å²) in [5, 5.41) is 3.11. The smallest absolute Gasteiger partial charge is 0.246 e. The average Bonchev–Trinajstić information content (AvgIpc) is 2.78. The van der Waals surface area contributed by atoms with E-state index in [1.54, 1.807) is 21.3 Å². The van der Waals surface area contributed by atoms with Gasteiger partial charge in [0.25, 0.3) is 0 Å². The minimum atomic E-state index is -0.119. The van der Waals surface area contributed by atoms with Crippen molar-refractivity contribution in [2.24, 2.45) is 0 Å². The van der Waals surface area contributed by atoms with E-state index in [0.717, 1.165) is 31.0 Å². The molecular weight excluding hydrogens is 396 g/mol. The molecule has 1 aliphatic rings. The van der Waals surface area contributed by atoms with Crippen LogP contribution in [0.25, 0.3) is 0 Å². The molecule has 31 heavy (non-hydrogen) atoms. The third-order valence-electron chi connectivity index (χ3n) is 5.89. The number of amides is 1. The van der Waals surface area contributed by atoms with Gasteiger partial charge in [-0.3, -0.25) is 4.79 Å². The Balaban J connectivity index is 1.95. The molecule has 1 unspecified atom stereocenters. The second kappa shape index (κ2) is 10.5. The molecule has 0 aliphatic carbocycles. The van der Waals surface area contributed by atoms with Gasteiger partial charge in [0.1, 0.15) is 24.9 Å². The zero-order valence-electron chi connectivity index (χ0n) is 19.0. The second-order valence-corrected chi connectivity index (χ2v) is 7.86. The van der Waals surface area contributed by atoms with Crippen molar-refractivity contribution in [1.29, 1.82) is 0 Å². The maximum absolute atomic E-state index is 12.3. The van der Waals surface area contributed by atoms with Gasteiger partial charge in [-0.05, 0) is 48.9 Å². The number of hydrogen-bond acceptors (Lipinski definition) is 5. The summed E-state index contributed by atoms with van der Waals surface area (Å²) in [6, 6.07) is 12.3. The van der Waals surface area contributed by atoms with Gasteiger partial charge in [-0.2, -0.15) is 0 Å². The Hall–Kier alpha value is -2.77. The highest BCUT2D eigenvalue weighted by Crippen LogP contribution is 2.35. The van der Waals surface area contributed by atoms with E-state index in [0.29, 0.717) is 5.75 Å². The monoisotopic (exact) mass is 429 g/mol. The summed E-state index contributed by atoms with van der Waals surface area (Å²) in [6.07, 6.45) is 0.927. The molecule has 0 bridgehead atoms. The maximum Gasteiger partial charge on any atom is 0.246 e. The van der Waals surface area contributed by atoms with Crippen molar-refractivity contribution in [2.75, 3.05) is 41.6 Å². The zero-order valence-corrected chi connectivity index (χ0v) is 19.0. The lowest BCUT2D eigenvalue weighted by Crippen LogP contribution is -3.13. The number of carbonyl (C=O) groups excluding carboxylic acids is 1. The van der Waals surface area contributed by atoms with Gasteiger partial charge >= 0.3 is 0 Å². The summed E-state index contributed by atoms with van der Waals surface area (Å²) >= 11 is 0. The molecule has 2 aromatic rings. The van der Waals surface area contributed by atoms with E-state index in [-0.39, 0.29) is 24.6 Å². The van der Waals surface area contributed by atoms with E-state index in [1.165, 1.54) is 28.7 Å². The second-order valence-electron chi connectivity index (χ2n) is 7.86. The Morgan fingerprint density at radius 3 is 2.35 bits per heavy atom. The minimum Gasteiger partial charge on any atom is -0.497 e. The Labute approximate surface area is 184 Å². The number of carbonyl (C=O) groups is 1. The van der Waals surface area contributed by atoms with Crippen LogP contribution in [0, 0.1) is 0 Å². The Morgan fingerprint density at radius 2 is 1.74 bits per heavy atom. The quantitative estimate of drug-likeness (QED) is 0.633. The Morgan fingerprint density at radius 1 is 1.06 bits per heavy atom. The van der Waals surface area contributed by atoms with Gasteiger partial charge in [-0.25, -0.2) is 0 Å². The Kier molecular flexibility index (Phi) is 7.76. The highest BCUT2D eigenvalue weighted by molar-refractivity contribution is 5.77. The lowest BCUT2D eigenvalue weighted by Gasteiger charge is -2.38. The van der Waals surface area contributed by atoms with Crippen molar-refractivity contribution < 1.29 is 28.6 Å². The first-order valence-corrected chi connectivity index (χ1v) is 10.5. The number of rotatable bonds is 9. The van der Waals surface area contributed by atoms with Gasteiger partial charge < -0.3 is 29.2 Å². The van der Waals surface area contributed by atoms with E-state index < -0.39 is 0 Å². The molecule has 0 radical (unpaired) electrons. The fourth-order valence-corrected chi connectivity index (χ4v) is 4.45. The number of quaternary nitrogens is 1. The summed E-state index contributed by atoms with van der Waals surface area (Å²) in [4.78, 5) is 13.6. The first-order chi connectivity index (χ1) is 15.0. The molecule has 0 saturated heterocycles. The topological polar surface area (TPSA) is 70.5 Å². The van der Waals surface area contributed by atoms with E-state index in [9.17, 15) is 4.79 Å². The molecule has 168 valence electrons. The standard InChI is InChI=1S/C24H32N2O5/c1-16(25-23(27)15-28-2)24-20-13-22(31-5)21(30-4)12-18(20)10-11-26(24)14-17-6-8-19(29-3)9-7-17/h6-9,12-13,16,24H,10-11,14-15H2,1-5H3,(H,25,27)/p+1/t16-,24-/m1/s1. The van der Waals surface area contributed by atoms with Crippen molar-refractivity contribution in [3.63, 3.8) is 0 Å². The van der Waals surface area contributed by atoms with Gasteiger partial charge in [0, 0.05) is 24.7 Å². The van der Waals surface area contributed by atoms with E-state index >= 15 is 0 Å². The molecule has 7 heteroatoms. The summed E-state index contributed by atoms with van der Waals surface area (Å²) in [5.41, 5.74) is 3.63. The number of methoxy groups -OCH3 is 4. The predicted octanol–water partition coefficient (Wildman–Crippen LogP) is 1.55. The van der Waals surface area contributed by atoms with Crippen molar-refractivity contribution in [2.45, 2.75) is 32.0 Å². The number of ether oxygens (including phenoxy) is 4. The average molecular weight is 430 g/mol. The Bertz CT molecular complexity index is 884. The summed E-state index contributed by atoms with van der Waals surface area (Å²) < 4.78 is 21.4. The highest BCUT2D eigenvalue weighted by Gasteiger charge is 2.37. The van der Waals surface area contributed by atoms with Crippen molar-refractivity contribution in [1.82, 2.24) is 5.32 Å². The van der Waals surface area contributed by atoms with Gasteiger partial charge in [0.15, 0.2) is 11.5 Å². The maximum atomic E-state index is 12.3. The lowest BCUT2D eigenvalue weighted by molar-refractivity contribution is -0.948. The molecule has 0 fully saturated rings. The molecule has 0 spiro atoms. The zero-order chi connectivity index (χ0) is 22.4. The van der Waals surface area contributed by atoms with Crippen molar-refractivity contribution >= 4 is 5.91 Å². The largest absolute Gasteiger partial charge is 0.497 e. The van der Waals surface area contributed by atoms with Crippen LogP contribution in [0.4, 0.5) is 0 Å². The van der Waals surface area contributed by atoms with Crippen molar-refractivity contribution in [3.8, 4) is 17.2 Å². The highest BCUT2D eigenvalue weighted by atomic mass is 16.5. The van der Waals surface area contributed by atoms with Crippen LogP contribution in [-0.2, 0) is 22.5 Å².